The summed E-state index contributed by atoms with van der Waals surface area (Å²) in [7, 11) is 0. The van der Waals surface area contributed by atoms with Crippen LogP contribution in [0.2, 0.25) is 0 Å². The molecule has 4 rings (SSSR count). The summed E-state index contributed by atoms with van der Waals surface area (Å²) in [5, 5.41) is 8.16. The number of hydrogen-bond donors (Lipinski definition) is 0. The summed E-state index contributed by atoms with van der Waals surface area (Å²) in [4.78, 5) is 4.46. The minimum atomic E-state index is 0.250. The van der Waals surface area contributed by atoms with Gasteiger partial charge in [-0.1, -0.05) is 10.3 Å². The highest BCUT2D eigenvalue weighted by Gasteiger charge is 2.27. The minimum Gasteiger partial charge on any atom is -0.381 e. The Hall–Kier alpha value is -1.69. The van der Waals surface area contributed by atoms with Crippen molar-refractivity contribution >= 4 is 0 Å². The van der Waals surface area contributed by atoms with Crippen LogP contribution in [0.15, 0.2) is 9.05 Å². The molecule has 3 heterocycles. The molecule has 1 fully saturated rings. The topological polar surface area (TPSA) is 74.2 Å². The molecule has 2 aromatic rings. The summed E-state index contributed by atoms with van der Waals surface area (Å²) in [6, 6.07) is 0. The highest BCUT2D eigenvalue weighted by molar-refractivity contribution is 5.54. The summed E-state index contributed by atoms with van der Waals surface area (Å²) < 4.78 is 16.1. The molecule has 1 aliphatic carbocycles. The second-order valence-electron chi connectivity index (χ2n) is 5.16. The number of hydrogen-bond acceptors (Lipinski definition) is 6. The van der Waals surface area contributed by atoms with Crippen molar-refractivity contribution < 1.29 is 13.8 Å². The number of fused-ring (bicyclic) bond motifs is 1. The third-order valence-electron chi connectivity index (χ3n) is 3.89. The molecule has 1 aliphatic heterocycles. The zero-order valence-corrected chi connectivity index (χ0v) is 10.6. The molecule has 1 unspecified atom stereocenters. The molecule has 0 aromatic carbocycles. The standard InChI is InChI=1S/C13H15N3O3/c1-2-4-10-9(3-1)11(15-18-10)13-14-12(16-19-13)8-5-6-17-7-8/h8H,1-7H2. The van der Waals surface area contributed by atoms with Crippen LogP contribution in [0.25, 0.3) is 11.6 Å². The van der Waals surface area contributed by atoms with Crippen molar-refractivity contribution in [3.8, 4) is 11.6 Å². The number of rotatable bonds is 2. The van der Waals surface area contributed by atoms with Gasteiger partial charge in [0.25, 0.3) is 5.89 Å². The summed E-state index contributed by atoms with van der Waals surface area (Å²) in [6.07, 6.45) is 5.23. The van der Waals surface area contributed by atoms with Crippen molar-refractivity contribution in [2.45, 2.75) is 38.0 Å². The van der Waals surface area contributed by atoms with E-state index in [0.29, 0.717) is 12.5 Å². The zero-order chi connectivity index (χ0) is 12.7. The normalized spacial score (nSPS) is 22.6. The van der Waals surface area contributed by atoms with Crippen molar-refractivity contribution in [1.82, 2.24) is 15.3 Å². The highest BCUT2D eigenvalue weighted by atomic mass is 16.5. The number of aryl methyl sites for hydroxylation is 1. The monoisotopic (exact) mass is 261 g/mol. The Balaban J connectivity index is 1.67. The quantitative estimate of drug-likeness (QED) is 0.824. The van der Waals surface area contributed by atoms with Gasteiger partial charge in [-0.2, -0.15) is 4.98 Å². The first-order valence-electron chi connectivity index (χ1n) is 6.81. The molecule has 6 heteroatoms. The fourth-order valence-corrected chi connectivity index (χ4v) is 2.79. The Morgan fingerprint density at radius 2 is 2.00 bits per heavy atom. The predicted molar refractivity (Wildman–Crippen MR) is 64.6 cm³/mol. The van der Waals surface area contributed by atoms with E-state index in [0.717, 1.165) is 55.1 Å². The molecule has 0 spiro atoms. The largest absolute Gasteiger partial charge is 0.381 e. The number of aromatic nitrogens is 3. The lowest BCUT2D eigenvalue weighted by Gasteiger charge is -2.07. The smallest absolute Gasteiger partial charge is 0.280 e. The van der Waals surface area contributed by atoms with E-state index in [1.165, 1.54) is 6.42 Å². The van der Waals surface area contributed by atoms with E-state index in [1.54, 1.807) is 0 Å². The first kappa shape index (κ1) is 11.2. The minimum absolute atomic E-state index is 0.250. The molecule has 0 bridgehead atoms. The molecule has 100 valence electrons. The Morgan fingerprint density at radius 3 is 2.89 bits per heavy atom. The van der Waals surface area contributed by atoms with Gasteiger partial charge in [-0.3, -0.25) is 0 Å². The molecular weight excluding hydrogens is 246 g/mol. The molecule has 2 aromatic heterocycles. The second-order valence-corrected chi connectivity index (χ2v) is 5.16. The van der Waals surface area contributed by atoms with Gasteiger partial charge in [0.2, 0.25) is 0 Å². The molecule has 6 nitrogen and oxygen atoms in total. The summed E-state index contributed by atoms with van der Waals surface area (Å²) >= 11 is 0. The van der Waals surface area contributed by atoms with E-state index in [4.69, 9.17) is 13.8 Å². The van der Waals surface area contributed by atoms with E-state index >= 15 is 0 Å². The molecule has 0 radical (unpaired) electrons. The number of ether oxygens (including phenoxy) is 1. The van der Waals surface area contributed by atoms with Crippen molar-refractivity contribution in [3.05, 3.63) is 17.1 Å². The van der Waals surface area contributed by atoms with Gasteiger partial charge in [0.1, 0.15) is 5.76 Å². The zero-order valence-electron chi connectivity index (χ0n) is 10.6. The Labute approximate surface area is 110 Å². The Morgan fingerprint density at radius 1 is 1.05 bits per heavy atom. The van der Waals surface area contributed by atoms with Gasteiger partial charge in [-0.05, 0) is 25.7 Å². The van der Waals surface area contributed by atoms with Gasteiger partial charge in [-0.25, -0.2) is 0 Å². The molecule has 2 aliphatic rings. The lowest BCUT2D eigenvalue weighted by atomic mass is 9.96. The van der Waals surface area contributed by atoms with Crippen molar-refractivity contribution in [2.24, 2.45) is 0 Å². The Kier molecular flexibility index (Phi) is 2.61. The molecule has 1 atom stereocenters. The predicted octanol–water partition coefficient (Wildman–Crippen LogP) is 2.11. The molecule has 0 amide bonds. The van der Waals surface area contributed by atoms with Crippen molar-refractivity contribution in [1.29, 1.82) is 0 Å². The van der Waals surface area contributed by atoms with Crippen LogP contribution in [0.3, 0.4) is 0 Å². The first-order chi connectivity index (χ1) is 9.42. The first-order valence-corrected chi connectivity index (χ1v) is 6.81. The fraction of sp³-hybridized carbons (Fsp3) is 0.615. The Bertz CT molecular complexity index is 584. The molecular formula is C13H15N3O3. The van der Waals surface area contributed by atoms with E-state index in [-0.39, 0.29) is 5.92 Å². The maximum Gasteiger partial charge on any atom is 0.280 e. The lowest BCUT2D eigenvalue weighted by Crippen LogP contribution is -2.01. The van der Waals surface area contributed by atoms with Gasteiger partial charge in [-0.15, -0.1) is 0 Å². The van der Waals surface area contributed by atoms with Crippen LogP contribution in [0.1, 0.15) is 42.3 Å². The van der Waals surface area contributed by atoms with Gasteiger partial charge in [0.15, 0.2) is 11.5 Å². The molecule has 0 saturated carbocycles. The van der Waals surface area contributed by atoms with Crippen LogP contribution in [0, 0.1) is 0 Å². The van der Waals surface area contributed by atoms with E-state index < -0.39 is 0 Å². The van der Waals surface area contributed by atoms with Crippen LogP contribution in [-0.2, 0) is 17.6 Å². The van der Waals surface area contributed by atoms with E-state index in [9.17, 15) is 0 Å². The van der Waals surface area contributed by atoms with E-state index in [1.807, 2.05) is 0 Å². The summed E-state index contributed by atoms with van der Waals surface area (Å²) in [6.45, 7) is 1.45. The van der Waals surface area contributed by atoms with Crippen molar-refractivity contribution in [2.75, 3.05) is 13.2 Å². The maximum atomic E-state index is 5.37. The lowest BCUT2D eigenvalue weighted by molar-refractivity contribution is 0.192. The maximum absolute atomic E-state index is 5.37. The van der Waals surface area contributed by atoms with Crippen LogP contribution in [0.4, 0.5) is 0 Å². The van der Waals surface area contributed by atoms with Crippen LogP contribution < -0.4 is 0 Å². The average Bonchev–Trinajstić information content (AvgIpc) is 3.18. The van der Waals surface area contributed by atoms with Gasteiger partial charge < -0.3 is 13.8 Å². The van der Waals surface area contributed by atoms with E-state index in [2.05, 4.69) is 15.3 Å². The van der Waals surface area contributed by atoms with Crippen LogP contribution in [0.5, 0.6) is 0 Å². The third-order valence-corrected chi connectivity index (χ3v) is 3.89. The van der Waals surface area contributed by atoms with Crippen LogP contribution in [-0.4, -0.2) is 28.5 Å². The summed E-state index contributed by atoms with van der Waals surface area (Å²) in [5.74, 6) is 2.43. The van der Waals surface area contributed by atoms with Crippen molar-refractivity contribution in [3.63, 3.8) is 0 Å². The van der Waals surface area contributed by atoms with Gasteiger partial charge in [0, 0.05) is 24.5 Å². The van der Waals surface area contributed by atoms with Crippen LogP contribution >= 0.6 is 0 Å². The fourth-order valence-electron chi connectivity index (χ4n) is 2.79. The second kappa shape index (κ2) is 4.45. The summed E-state index contributed by atoms with van der Waals surface area (Å²) in [5.41, 5.74) is 1.87. The number of nitrogens with zero attached hydrogens (tertiary/aromatic N) is 3. The highest BCUT2D eigenvalue weighted by Crippen LogP contribution is 2.31. The van der Waals surface area contributed by atoms with Gasteiger partial charge in [0.05, 0.1) is 6.61 Å². The average molecular weight is 261 g/mol. The van der Waals surface area contributed by atoms with Gasteiger partial charge >= 0.3 is 0 Å². The molecule has 19 heavy (non-hydrogen) atoms. The molecule has 1 saturated heterocycles. The third kappa shape index (κ3) is 1.87. The molecule has 0 N–H and O–H groups in total. The SMILES string of the molecule is C1CCc2c(-c3nc(C4CCOC4)no3)noc2C1.